The van der Waals surface area contributed by atoms with Crippen molar-refractivity contribution in [3.8, 4) is 0 Å². The van der Waals surface area contributed by atoms with Crippen LogP contribution in [0.25, 0.3) is 0 Å². The van der Waals surface area contributed by atoms with Gasteiger partial charge < -0.3 is 16.0 Å². The first-order chi connectivity index (χ1) is 11.8. The van der Waals surface area contributed by atoms with Crippen molar-refractivity contribution >= 4 is 29.9 Å². The first-order valence-electron chi connectivity index (χ1n) is 7.91. The van der Waals surface area contributed by atoms with Crippen LogP contribution in [0.1, 0.15) is 19.4 Å². The van der Waals surface area contributed by atoms with Crippen LogP contribution in [0.3, 0.4) is 0 Å². The predicted octanol–water partition coefficient (Wildman–Crippen LogP) is 1.63. The zero-order chi connectivity index (χ0) is 19.0. The molecule has 0 bridgehead atoms. The number of hydrogen-bond donors (Lipinski definition) is 2. The number of carbonyl (C=O) groups excluding carboxylic acids is 2. The zero-order valence-electron chi connectivity index (χ0n) is 14.9. The summed E-state index contributed by atoms with van der Waals surface area (Å²) in [5.74, 6) is -0.753. The molecule has 0 radical (unpaired) electrons. The summed E-state index contributed by atoms with van der Waals surface area (Å²) in [5, 5.41) is 13.4. The molecule has 144 valence electrons. The zero-order valence-corrected chi connectivity index (χ0v) is 15.7. The molecule has 0 aromatic heterocycles. The number of halogens is 1. The summed E-state index contributed by atoms with van der Waals surface area (Å²) in [6.07, 6.45) is 1.55. The third kappa shape index (κ3) is 7.20. The minimum atomic E-state index is -0.683. The van der Waals surface area contributed by atoms with Crippen molar-refractivity contribution in [1.29, 1.82) is 0 Å². The molecule has 0 unspecified atom stereocenters. The van der Waals surface area contributed by atoms with Gasteiger partial charge in [0, 0.05) is 25.2 Å². The van der Waals surface area contributed by atoms with Crippen LogP contribution in [0.5, 0.6) is 0 Å². The van der Waals surface area contributed by atoms with Crippen LogP contribution in [-0.2, 0) is 16.1 Å². The molecule has 9 heteroatoms. The van der Waals surface area contributed by atoms with E-state index in [2.05, 4.69) is 11.9 Å². The monoisotopic (exact) mass is 384 g/mol. The molecule has 0 aliphatic carbocycles. The number of non-ortho nitro benzene ring substituents is 1. The van der Waals surface area contributed by atoms with Crippen LogP contribution in [-0.4, -0.2) is 40.8 Å². The Morgan fingerprint density at radius 3 is 2.62 bits per heavy atom. The van der Waals surface area contributed by atoms with E-state index >= 15 is 0 Å². The summed E-state index contributed by atoms with van der Waals surface area (Å²) < 4.78 is 0. The summed E-state index contributed by atoms with van der Waals surface area (Å²) in [4.78, 5) is 36.0. The lowest BCUT2D eigenvalue weighted by Crippen LogP contribution is -2.47. The topological polar surface area (TPSA) is 119 Å². The van der Waals surface area contributed by atoms with Crippen LogP contribution in [0.15, 0.2) is 36.9 Å². The van der Waals surface area contributed by atoms with Gasteiger partial charge in [-0.1, -0.05) is 32.1 Å². The number of nitrogens with one attached hydrogen (secondary N) is 1. The van der Waals surface area contributed by atoms with Gasteiger partial charge in [-0.05, 0) is 11.5 Å². The number of hydrogen-bond acceptors (Lipinski definition) is 5. The normalized spacial score (nSPS) is 11.2. The Morgan fingerprint density at radius 1 is 1.42 bits per heavy atom. The quantitative estimate of drug-likeness (QED) is 0.381. The SMILES string of the molecule is C=CCN(Cc1cccc([N+](=O)[O-])c1)C(=O)CNC(=O)[C@@H](N)C(C)C.Cl. The highest BCUT2D eigenvalue weighted by Gasteiger charge is 2.20. The highest BCUT2D eigenvalue weighted by Crippen LogP contribution is 2.15. The van der Waals surface area contributed by atoms with E-state index in [1.165, 1.54) is 17.0 Å². The average molecular weight is 385 g/mol. The van der Waals surface area contributed by atoms with Crippen LogP contribution in [0.4, 0.5) is 5.69 Å². The molecule has 1 aromatic rings. The maximum atomic E-state index is 12.3. The molecule has 26 heavy (non-hydrogen) atoms. The second-order valence-electron chi connectivity index (χ2n) is 5.98. The second-order valence-corrected chi connectivity index (χ2v) is 5.98. The summed E-state index contributed by atoms with van der Waals surface area (Å²) in [5.41, 5.74) is 6.31. The molecule has 1 atom stereocenters. The molecular weight excluding hydrogens is 360 g/mol. The molecule has 0 spiro atoms. The summed E-state index contributed by atoms with van der Waals surface area (Å²) in [7, 11) is 0. The Hall–Kier alpha value is -2.45. The minimum Gasteiger partial charge on any atom is -0.346 e. The first-order valence-corrected chi connectivity index (χ1v) is 7.91. The van der Waals surface area contributed by atoms with Gasteiger partial charge in [-0.25, -0.2) is 0 Å². The lowest BCUT2D eigenvalue weighted by atomic mass is 10.1. The van der Waals surface area contributed by atoms with Gasteiger partial charge in [0.25, 0.3) is 5.69 Å². The Kier molecular flexibility index (Phi) is 10.2. The van der Waals surface area contributed by atoms with Crippen molar-refractivity contribution in [1.82, 2.24) is 10.2 Å². The fraction of sp³-hybridized carbons (Fsp3) is 0.412. The van der Waals surface area contributed by atoms with Gasteiger partial charge >= 0.3 is 0 Å². The van der Waals surface area contributed by atoms with E-state index in [-0.39, 0.29) is 49.6 Å². The summed E-state index contributed by atoms with van der Waals surface area (Å²) in [6, 6.07) is 5.38. The Bertz CT molecular complexity index is 651. The van der Waals surface area contributed by atoms with Crippen LogP contribution in [0, 0.1) is 16.0 Å². The van der Waals surface area contributed by atoms with Crippen molar-refractivity contribution < 1.29 is 14.5 Å². The maximum absolute atomic E-state index is 12.3. The number of carbonyl (C=O) groups is 2. The van der Waals surface area contributed by atoms with E-state index in [0.29, 0.717) is 5.56 Å². The minimum absolute atomic E-state index is 0. The summed E-state index contributed by atoms with van der Waals surface area (Å²) in [6.45, 7) is 7.49. The Morgan fingerprint density at radius 2 is 2.08 bits per heavy atom. The average Bonchev–Trinajstić information content (AvgIpc) is 2.58. The molecule has 1 aromatic carbocycles. The van der Waals surface area contributed by atoms with Gasteiger partial charge in [-0.2, -0.15) is 0 Å². The largest absolute Gasteiger partial charge is 0.346 e. The molecule has 8 nitrogen and oxygen atoms in total. The van der Waals surface area contributed by atoms with Crippen LogP contribution >= 0.6 is 12.4 Å². The van der Waals surface area contributed by atoms with Gasteiger partial charge in [0.15, 0.2) is 0 Å². The van der Waals surface area contributed by atoms with Crippen LogP contribution < -0.4 is 11.1 Å². The van der Waals surface area contributed by atoms with Crippen molar-refractivity contribution in [2.24, 2.45) is 11.7 Å². The number of nitro benzene ring substituents is 1. The number of amides is 2. The predicted molar refractivity (Wildman–Crippen MR) is 102 cm³/mol. The Balaban J connectivity index is 0.00000625. The first kappa shape index (κ1) is 23.5. The molecule has 3 N–H and O–H groups in total. The number of nitrogens with two attached hydrogens (primary N) is 1. The van der Waals surface area contributed by atoms with E-state index < -0.39 is 16.9 Å². The molecule has 1 rings (SSSR count). The molecular formula is C17H25ClN4O4. The molecule has 2 amide bonds. The smallest absolute Gasteiger partial charge is 0.269 e. The number of rotatable bonds is 9. The lowest BCUT2D eigenvalue weighted by Gasteiger charge is -2.22. The van der Waals surface area contributed by atoms with Crippen molar-refractivity contribution in [3.05, 3.63) is 52.6 Å². The third-order valence-electron chi connectivity index (χ3n) is 3.63. The standard InChI is InChI=1S/C17H24N4O4.ClH/c1-4-8-20(11-13-6-5-7-14(9-13)21(24)25)15(22)10-19-17(23)16(18)12(2)3;/h4-7,9,12,16H,1,8,10-11,18H2,2-3H3,(H,19,23);1H/t16-;/m0./s1. The lowest BCUT2D eigenvalue weighted by molar-refractivity contribution is -0.384. The van der Waals surface area contributed by atoms with Gasteiger partial charge in [0.1, 0.15) is 0 Å². The summed E-state index contributed by atoms with van der Waals surface area (Å²) >= 11 is 0. The maximum Gasteiger partial charge on any atom is 0.269 e. The van der Waals surface area contributed by atoms with Crippen molar-refractivity contribution in [2.45, 2.75) is 26.4 Å². The molecule has 0 saturated carbocycles. The third-order valence-corrected chi connectivity index (χ3v) is 3.63. The fourth-order valence-corrected chi connectivity index (χ4v) is 2.09. The number of benzene rings is 1. The molecule has 0 fully saturated rings. The van der Waals surface area contributed by atoms with Gasteiger partial charge in [-0.15, -0.1) is 19.0 Å². The van der Waals surface area contributed by atoms with E-state index in [1.807, 2.05) is 13.8 Å². The van der Waals surface area contributed by atoms with Crippen LogP contribution in [0.2, 0.25) is 0 Å². The van der Waals surface area contributed by atoms with Crippen molar-refractivity contribution in [2.75, 3.05) is 13.1 Å². The molecule has 0 aliphatic rings. The molecule has 0 saturated heterocycles. The van der Waals surface area contributed by atoms with E-state index in [0.717, 1.165) is 0 Å². The van der Waals surface area contributed by atoms with E-state index in [9.17, 15) is 19.7 Å². The number of nitro groups is 1. The molecule has 0 heterocycles. The Labute approximate surface area is 159 Å². The van der Waals surface area contributed by atoms with Gasteiger partial charge in [-0.3, -0.25) is 19.7 Å². The van der Waals surface area contributed by atoms with Gasteiger partial charge in [0.2, 0.25) is 11.8 Å². The fourth-order valence-electron chi connectivity index (χ4n) is 2.09. The van der Waals surface area contributed by atoms with Crippen molar-refractivity contribution in [3.63, 3.8) is 0 Å². The highest BCUT2D eigenvalue weighted by atomic mass is 35.5. The van der Waals surface area contributed by atoms with E-state index in [1.54, 1.807) is 18.2 Å². The number of nitrogens with zero attached hydrogens (tertiary/aromatic N) is 2. The second kappa shape index (κ2) is 11.2. The highest BCUT2D eigenvalue weighted by molar-refractivity contribution is 5.87. The van der Waals surface area contributed by atoms with Gasteiger partial charge in [0.05, 0.1) is 17.5 Å². The van der Waals surface area contributed by atoms with E-state index in [4.69, 9.17) is 5.73 Å². The molecule has 0 aliphatic heterocycles.